The first kappa shape index (κ1) is 17.4. The van der Waals surface area contributed by atoms with Crippen LogP contribution in [0.1, 0.15) is 5.56 Å². The largest absolute Gasteiger partial charge is 0.412 e. The lowest BCUT2D eigenvalue weighted by molar-refractivity contribution is 0.200. The fourth-order valence-electron chi connectivity index (χ4n) is 2.72. The number of pyridine rings is 1. The molecule has 2 heterocycles. The van der Waals surface area contributed by atoms with Crippen molar-refractivity contribution in [3.05, 3.63) is 84.9 Å². The third-order valence-electron chi connectivity index (χ3n) is 4.08. The lowest BCUT2D eigenvalue weighted by Crippen LogP contribution is -2.26. The van der Waals surface area contributed by atoms with Crippen LogP contribution in [0.15, 0.2) is 79.4 Å². The Labute approximate surface area is 161 Å². The van der Waals surface area contributed by atoms with Gasteiger partial charge in [-0.3, -0.25) is 10.1 Å². The van der Waals surface area contributed by atoms with Crippen LogP contribution in [0.5, 0.6) is 5.75 Å². The van der Waals surface area contributed by atoms with Crippen LogP contribution < -0.4 is 10.1 Å². The number of nitrogens with zero attached hydrogens (tertiary/aromatic N) is 3. The van der Waals surface area contributed by atoms with Crippen molar-refractivity contribution in [3.63, 3.8) is 0 Å². The maximum Gasteiger partial charge on any atom is 0.412 e. The monoisotopic (exact) mass is 371 g/mol. The van der Waals surface area contributed by atoms with Gasteiger partial charge in [-0.25, -0.2) is 9.78 Å². The minimum atomic E-state index is -0.505. The lowest BCUT2D eigenvalue weighted by atomic mass is 10.1. The number of aromatic amines is 1. The minimum Gasteiger partial charge on any atom is -0.410 e. The molecule has 7 nitrogen and oxygen atoms in total. The molecule has 0 aliphatic rings. The summed E-state index contributed by atoms with van der Waals surface area (Å²) < 4.78 is 5.40. The van der Waals surface area contributed by atoms with Gasteiger partial charge in [0.25, 0.3) is 0 Å². The number of hydrogen-bond acceptors (Lipinski definition) is 5. The van der Waals surface area contributed by atoms with E-state index in [1.165, 1.54) is 6.33 Å². The topological polar surface area (TPSA) is 92.8 Å². The lowest BCUT2D eigenvalue weighted by Gasteiger charge is -2.09. The second-order valence-corrected chi connectivity index (χ2v) is 6.05. The van der Waals surface area contributed by atoms with Crippen molar-refractivity contribution in [2.75, 3.05) is 0 Å². The van der Waals surface area contributed by atoms with E-state index in [-0.39, 0.29) is 0 Å². The van der Waals surface area contributed by atoms with E-state index >= 15 is 0 Å². The van der Waals surface area contributed by atoms with Crippen LogP contribution in [0.2, 0.25) is 0 Å². The number of aromatic nitrogens is 4. The van der Waals surface area contributed by atoms with Gasteiger partial charge in [-0.1, -0.05) is 42.5 Å². The van der Waals surface area contributed by atoms with E-state index in [2.05, 4.69) is 25.5 Å². The zero-order valence-corrected chi connectivity index (χ0v) is 14.9. The van der Waals surface area contributed by atoms with Gasteiger partial charge in [0, 0.05) is 30.1 Å². The molecule has 2 aromatic heterocycles. The number of hydrogen-bond donors (Lipinski definition) is 2. The number of ether oxygens (including phenoxy) is 1. The summed E-state index contributed by atoms with van der Waals surface area (Å²) in [6.07, 6.45) is 4.40. The maximum absolute atomic E-state index is 12.1. The second-order valence-electron chi connectivity index (χ2n) is 6.05. The normalized spacial score (nSPS) is 10.4. The molecule has 138 valence electrons. The number of nitrogens with one attached hydrogen (secondary N) is 2. The summed E-state index contributed by atoms with van der Waals surface area (Å²) in [5.41, 5.74) is 3.58. The molecule has 0 unspecified atom stereocenters. The number of amides is 1. The fourth-order valence-corrected chi connectivity index (χ4v) is 2.72. The Balaban J connectivity index is 1.46. The Bertz CT molecular complexity index is 1070. The first-order chi connectivity index (χ1) is 13.8. The fraction of sp³-hybridized carbons (Fsp3) is 0.0476. The highest BCUT2D eigenvalue weighted by atomic mass is 16.6. The Morgan fingerprint density at radius 1 is 0.964 bits per heavy atom. The number of carbonyl (C=O) groups is 1. The van der Waals surface area contributed by atoms with Gasteiger partial charge < -0.3 is 10.1 Å². The summed E-state index contributed by atoms with van der Waals surface area (Å²) in [5.74, 6) is 1.09. The molecule has 0 bridgehead atoms. The molecule has 0 aliphatic heterocycles. The molecule has 7 heteroatoms. The molecule has 1 amide bonds. The van der Waals surface area contributed by atoms with Crippen LogP contribution in [0.4, 0.5) is 4.79 Å². The molecular formula is C21H17N5O2. The molecule has 2 aromatic carbocycles. The molecule has 0 saturated heterocycles. The predicted octanol–water partition coefficient (Wildman–Crippen LogP) is 3.82. The van der Waals surface area contributed by atoms with E-state index in [1.54, 1.807) is 24.5 Å². The van der Waals surface area contributed by atoms with Gasteiger partial charge in [0.2, 0.25) is 0 Å². The first-order valence-corrected chi connectivity index (χ1v) is 8.69. The Hall–Kier alpha value is -4.00. The van der Waals surface area contributed by atoms with Crippen molar-refractivity contribution >= 4 is 6.09 Å². The molecule has 4 aromatic rings. The van der Waals surface area contributed by atoms with Gasteiger partial charge in [0.15, 0.2) is 5.82 Å². The SMILES string of the molecule is O=C(NCc1ccccc1)Oc1cccc(-c2cncc(-c3ncn[nH]3)c2)c1. The van der Waals surface area contributed by atoms with Crippen LogP contribution in [0.25, 0.3) is 22.5 Å². The van der Waals surface area contributed by atoms with Gasteiger partial charge in [-0.2, -0.15) is 5.10 Å². The Kier molecular flexibility index (Phi) is 5.06. The molecule has 0 fully saturated rings. The highest BCUT2D eigenvalue weighted by Gasteiger charge is 2.08. The summed E-state index contributed by atoms with van der Waals surface area (Å²) in [6.45, 7) is 0.405. The summed E-state index contributed by atoms with van der Waals surface area (Å²) in [5, 5.41) is 9.42. The average Bonchev–Trinajstić information content (AvgIpc) is 3.28. The zero-order chi connectivity index (χ0) is 19.2. The van der Waals surface area contributed by atoms with Gasteiger partial charge >= 0.3 is 6.09 Å². The standard InChI is InChI=1S/C21H17N5O2/c27-21(23-11-15-5-2-1-3-6-15)28-19-8-4-7-16(10-19)17-9-18(13-22-12-17)20-24-14-25-26-20/h1-10,12-14H,11H2,(H,23,27)(H,24,25,26). The molecular weight excluding hydrogens is 354 g/mol. The van der Waals surface area contributed by atoms with Gasteiger partial charge in [0.05, 0.1) is 0 Å². The summed E-state index contributed by atoms with van der Waals surface area (Å²) in [4.78, 5) is 20.5. The smallest absolute Gasteiger partial charge is 0.410 e. The van der Waals surface area contributed by atoms with Crippen LogP contribution >= 0.6 is 0 Å². The van der Waals surface area contributed by atoms with Crippen LogP contribution in [-0.4, -0.2) is 26.3 Å². The molecule has 0 spiro atoms. The van der Waals surface area contributed by atoms with E-state index in [4.69, 9.17) is 4.74 Å². The van der Waals surface area contributed by atoms with Crippen molar-refractivity contribution in [2.24, 2.45) is 0 Å². The molecule has 2 N–H and O–H groups in total. The Morgan fingerprint density at radius 3 is 2.64 bits per heavy atom. The predicted molar refractivity (Wildman–Crippen MR) is 104 cm³/mol. The summed E-state index contributed by atoms with van der Waals surface area (Å²) >= 11 is 0. The number of H-pyrrole nitrogens is 1. The van der Waals surface area contributed by atoms with Crippen molar-refractivity contribution in [1.29, 1.82) is 0 Å². The number of benzene rings is 2. The summed E-state index contributed by atoms with van der Waals surface area (Å²) in [7, 11) is 0. The van der Waals surface area contributed by atoms with Crippen LogP contribution in [-0.2, 0) is 6.54 Å². The third-order valence-corrected chi connectivity index (χ3v) is 4.08. The van der Waals surface area contributed by atoms with E-state index < -0.39 is 6.09 Å². The van der Waals surface area contributed by atoms with Gasteiger partial charge in [0.1, 0.15) is 12.1 Å². The van der Waals surface area contributed by atoms with Crippen molar-refractivity contribution in [1.82, 2.24) is 25.5 Å². The van der Waals surface area contributed by atoms with Gasteiger partial charge in [-0.05, 0) is 29.3 Å². The van der Waals surface area contributed by atoms with E-state index in [0.29, 0.717) is 18.1 Å². The molecule has 0 aliphatic carbocycles. The number of rotatable bonds is 5. The zero-order valence-electron chi connectivity index (χ0n) is 14.9. The molecule has 0 saturated carbocycles. The third kappa shape index (κ3) is 4.21. The van der Waals surface area contributed by atoms with E-state index in [1.807, 2.05) is 48.5 Å². The highest BCUT2D eigenvalue weighted by Crippen LogP contribution is 2.26. The van der Waals surface area contributed by atoms with Crippen LogP contribution in [0, 0.1) is 0 Å². The molecule has 0 atom stereocenters. The number of carbonyl (C=O) groups excluding carboxylic acids is 1. The Morgan fingerprint density at radius 2 is 1.82 bits per heavy atom. The van der Waals surface area contributed by atoms with Crippen LogP contribution in [0.3, 0.4) is 0 Å². The molecule has 4 rings (SSSR count). The minimum absolute atomic E-state index is 0.405. The van der Waals surface area contributed by atoms with Crippen molar-refractivity contribution < 1.29 is 9.53 Å². The van der Waals surface area contributed by atoms with E-state index in [9.17, 15) is 4.79 Å². The van der Waals surface area contributed by atoms with Crippen molar-refractivity contribution in [3.8, 4) is 28.3 Å². The quantitative estimate of drug-likeness (QED) is 0.556. The van der Waals surface area contributed by atoms with Gasteiger partial charge in [-0.15, -0.1) is 0 Å². The van der Waals surface area contributed by atoms with Crippen molar-refractivity contribution in [2.45, 2.75) is 6.54 Å². The average molecular weight is 371 g/mol. The first-order valence-electron chi connectivity index (χ1n) is 8.69. The second kappa shape index (κ2) is 8.13. The summed E-state index contributed by atoms with van der Waals surface area (Å²) in [6, 6.07) is 18.9. The molecule has 28 heavy (non-hydrogen) atoms. The molecule has 0 radical (unpaired) electrons. The maximum atomic E-state index is 12.1. The van der Waals surface area contributed by atoms with E-state index in [0.717, 1.165) is 22.3 Å². The highest BCUT2D eigenvalue weighted by molar-refractivity contribution is 5.73.